The van der Waals surface area contributed by atoms with E-state index in [9.17, 15) is 9.90 Å². The van der Waals surface area contributed by atoms with E-state index in [1.54, 1.807) is 12.1 Å². The van der Waals surface area contributed by atoms with Crippen molar-refractivity contribution >= 4 is 6.09 Å². The fourth-order valence-electron chi connectivity index (χ4n) is 2.04. The summed E-state index contributed by atoms with van der Waals surface area (Å²) >= 11 is 0. The van der Waals surface area contributed by atoms with Crippen molar-refractivity contribution in [2.45, 2.75) is 13.0 Å². The predicted molar refractivity (Wildman–Crippen MR) is 76.7 cm³/mol. The van der Waals surface area contributed by atoms with Crippen molar-refractivity contribution in [3.63, 3.8) is 0 Å². The molecule has 0 radical (unpaired) electrons. The summed E-state index contributed by atoms with van der Waals surface area (Å²) in [5.74, 6) is 0.235. The van der Waals surface area contributed by atoms with Crippen LogP contribution in [-0.2, 0) is 4.74 Å². The Kier molecular flexibility index (Phi) is 4.25. The number of carbonyl (C=O) groups excluding carboxylic acids is 1. The minimum absolute atomic E-state index is 0.235. The lowest BCUT2D eigenvalue weighted by Crippen LogP contribution is -2.29. The van der Waals surface area contributed by atoms with E-state index in [4.69, 9.17) is 0 Å². The molecule has 0 heterocycles. The molecule has 0 aliphatic carbocycles. The highest BCUT2D eigenvalue weighted by atomic mass is 16.5. The molecule has 0 spiro atoms. The lowest BCUT2D eigenvalue weighted by atomic mass is 9.97. The Balaban J connectivity index is 2.40. The second-order valence-electron chi connectivity index (χ2n) is 4.53. The molecule has 4 nitrogen and oxygen atoms in total. The van der Waals surface area contributed by atoms with Crippen LogP contribution in [0.1, 0.15) is 22.7 Å². The number of aromatic hydroxyl groups is 1. The highest BCUT2D eigenvalue weighted by molar-refractivity contribution is 5.68. The standard InChI is InChI=1S/C16H17NO3/c1-11-10-13(8-9-14(11)18)15(17-16(19)20-2)12-6-4-3-5-7-12/h3-10,15,18H,1-2H3,(H,17,19)/t15-/m1/s1. The molecule has 1 atom stereocenters. The van der Waals surface area contributed by atoms with Crippen LogP contribution < -0.4 is 5.32 Å². The summed E-state index contributed by atoms with van der Waals surface area (Å²) in [6, 6.07) is 14.6. The van der Waals surface area contributed by atoms with Crippen molar-refractivity contribution in [2.24, 2.45) is 0 Å². The molecule has 2 N–H and O–H groups in total. The van der Waals surface area contributed by atoms with Crippen LogP contribution in [0.4, 0.5) is 4.79 Å². The maximum Gasteiger partial charge on any atom is 0.407 e. The molecule has 0 saturated carbocycles. The molecule has 4 heteroatoms. The van der Waals surface area contributed by atoms with Gasteiger partial charge in [0, 0.05) is 0 Å². The van der Waals surface area contributed by atoms with E-state index in [2.05, 4.69) is 10.1 Å². The molecule has 0 bridgehead atoms. The number of alkyl carbamates (subject to hydrolysis) is 1. The van der Waals surface area contributed by atoms with E-state index in [0.29, 0.717) is 0 Å². The van der Waals surface area contributed by atoms with Crippen molar-refractivity contribution in [3.8, 4) is 5.75 Å². The zero-order valence-corrected chi connectivity index (χ0v) is 11.5. The summed E-state index contributed by atoms with van der Waals surface area (Å²) < 4.78 is 4.68. The highest BCUT2D eigenvalue weighted by Gasteiger charge is 2.17. The molecule has 0 saturated heterocycles. The van der Waals surface area contributed by atoms with Gasteiger partial charge >= 0.3 is 6.09 Å². The molecule has 2 aromatic rings. The van der Waals surface area contributed by atoms with Crippen molar-refractivity contribution in [3.05, 3.63) is 65.2 Å². The lowest BCUT2D eigenvalue weighted by Gasteiger charge is -2.19. The number of phenols is 1. The number of carbonyl (C=O) groups is 1. The van der Waals surface area contributed by atoms with Crippen LogP contribution >= 0.6 is 0 Å². The second kappa shape index (κ2) is 6.10. The number of aryl methyl sites for hydroxylation is 1. The second-order valence-corrected chi connectivity index (χ2v) is 4.53. The van der Waals surface area contributed by atoms with Crippen LogP contribution in [0.3, 0.4) is 0 Å². The Labute approximate surface area is 118 Å². The monoisotopic (exact) mass is 271 g/mol. The number of nitrogens with one attached hydrogen (secondary N) is 1. The lowest BCUT2D eigenvalue weighted by molar-refractivity contribution is 0.168. The predicted octanol–water partition coefficient (Wildman–Crippen LogP) is 3.15. The molecule has 0 unspecified atom stereocenters. The Morgan fingerprint density at radius 2 is 1.85 bits per heavy atom. The van der Waals surface area contributed by atoms with Crippen molar-refractivity contribution in [1.82, 2.24) is 5.32 Å². The van der Waals surface area contributed by atoms with Crippen LogP contribution in [0.2, 0.25) is 0 Å². The number of phenolic OH excluding ortho intramolecular Hbond substituents is 1. The molecule has 2 rings (SSSR count). The van der Waals surface area contributed by atoms with E-state index in [1.807, 2.05) is 43.3 Å². The van der Waals surface area contributed by atoms with Crippen LogP contribution in [0, 0.1) is 6.92 Å². The summed E-state index contributed by atoms with van der Waals surface area (Å²) in [6.07, 6.45) is -0.496. The third-order valence-electron chi connectivity index (χ3n) is 3.13. The van der Waals surface area contributed by atoms with Crippen LogP contribution in [0.5, 0.6) is 5.75 Å². The molecule has 20 heavy (non-hydrogen) atoms. The fourth-order valence-corrected chi connectivity index (χ4v) is 2.04. The van der Waals surface area contributed by atoms with Crippen LogP contribution in [-0.4, -0.2) is 18.3 Å². The van der Waals surface area contributed by atoms with E-state index in [-0.39, 0.29) is 11.8 Å². The summed E-state index contributed by atoms with van der Waals surface area (Å²) in [5.41, 5.74) is 2.59. The van der Waals surface area contributed by atoms with Gasteiger partial charge in [0.25, 0.3) is 0 Å². The number of methoxy groups -OCH3 is 1. The summed E-state index contributed by atoms with van der Waals surface area (Å²) in [6.45, 7) is 1.82. The van der Waals surface area contributed by atoms with Gasteiger partial charge in [-0.25, -0.2) is 4.79 Å². The van der Waals surface area contributed by atoms with Crippen LogP contribution in [0.15, 0.2) is 48.5 Å². The third-order valence-corrected chi connectivity index (χ3v) is 3.13. The van der Waals surface area contributed by atoms with E-state index in [1.165, 1.54) is 7.11 Å². The molecule has 1 amide bonds. The molecule has 2 aromatic carbocycles. The molecule has 104 valence electrons. The summed E-state index contributed by atoms with van der Waals surface area (Å²) in [4.78, 5) is 11.5. The minimum Gasteiger partial charge on any atom is -0.508 e. The number of amides is 1. The van der Waals surface area contributed by atoms with Gasteiger partial charge in [-0.3, -0.25) is 0 Å². The van der Waals surface area contributed by atoms with Crippen LogP contribution in [0.25, 0.3) is 0 Å². The van der Waals surface area contributed by atoms with E-state index >= 15 is 0 Å². The number of hydrogen-bond acceptors (Lipinski definition) is 3. The summed E-state index contributed by atoms with van der Waals surface area (Å²) in [5, 5.41) is 12.4. The molecular weight excluding hydrogens is 254 g/mol. The van der Waals surface area contributed by atoms with Crippen molar-refractivity contribution in [1.29, 1.82) is 0 Å². The van der Waals surface area contributed by atoms with Crippen molar-refractivity contribution in [2.75, 3.05) is 7.11 Å². The summed E-state index contributed by atoms with van der Waals surface area (Å²) in [7, 11) is 1.33. The van der Waals surface area contributed by atoms with E-state index in [0.717, 1.165) is 16.7 Å². The van der Waals surface area contributed by atoms with Gasteiger partial charge in [0.2, 0.25) is 0 Å². The number of hydrogen-bond donors (Lipinski definition) is 2. The maximum absolute atomic E-state index is 11.5. The molecule has 0 aliphatic heterocycles. The normalized spacial score (nSPS) is 11.7. The Morgan fingerprint density at radius 3 is 2.45 bits per heavy atom. The van der Waals surface area contributed by atoms with Crippen molar-refractivity contribution < 1.29 is 14.6 Å². The molecule has 0 aliphatic rings. The SMILES string of the molecule is COC(=O)N[C@H](c1ccccc1)c1ccc(O)c(C)c1. The first kappa shape index (κ1) is 13.9. The maximum atomic E-state index is 11.5. The van der Waals surface area contributed by atoms with Gasteiger partial charge in [-0.15, -0.1) is 0 Å². The first-order chi connectivity index (χ1) is 9.61. The Morgan fingerprint density at radius 1 is 1.15 bits per heavy atom. The topological polar surface area (TPSA) is 58.6 Å². The number of ether oxygens (including phenoxy) is 1. The first-order valence-electron chi connectivity index (χ1n) is 6.30. The van der Waals surface area contributed by atoms with Gasteiger partial charge < -0.3 is 15.2 Å². The molecular formula is C16H17NO3. The zero-order valence-electron chi connectivity index (χ0n) is 11.5. The molecule has 0 fully saturated rings. The van der Waals surface area contributed by atoms with Gasteiger partial charge in [0.1, 0.15) is 5.75 Å². The number of rotatable bonds is 3. The first-order valence-corrected chi connectivity index (χ1v) is 6.30. The Hall–Kier alpha value is -2.49. The Bertz CT molecular complexity index is 596. The average molecular weight is 271 g/mol. The minimum atomic E-state index is -0.496. The molecule has 0 aromatic heterocycles. The third kappa shape index (κ3) is 3.09. The van der Waals surface area contributed by atoms with Gasteiger partial charge in [0.15, 0.2) is 0 Å². The fraction of sp³-hybridized carbons (Fsp3) is 0.188. The van der Waals surface area contributed by atoms with Gasteiger partial charge in [-0.2, -0.15) is 0 Å². The largest absolute Gasteiger partial charge is 0.508 e. The van der Waals surface area contributed by atoms with Gasteiger partial charge in [-0.1, -0.05) is 36.4 Å². The number of benzene rings is 2. The smallest absolute Gasteiger partial charge is 0.407 e. The van der Waals surface area contributed by atoms with Gasteiger partial charge in [0.05, 0.1) is 13.2 Å². The van der Waals surface area contributed by atoms with E-state index < -0.39 is 6.09 Å². The van der Waals surface area contributed by atoms with Gasteiger partial charge in [-0.05, 0) is 35.7 Å². The zero-order chi connectivity index (χ0) is 14.5. The highest BCUT2D eigenvalue weighted by Crippen LogP contribution is 2.26. The quantitative estimate of drug-likeness (QED) is 0.901. The average Bonchev–Trinajstić information content (AvgIpc) is 2.48.